The highest BCUT2D eigenvalue weighted by atomic mass is 32.2. The third-order valence-electron chi connectivity index (χ3n) is 2.52. The van der Waals surface area contributed by atoms with Gasteiger partial charge in [0.2, 0.25) is 0 Å². The summed E-state index contributed by atoms with van der Waals surface area (Å²) in [5.74, 6) is 2.98. The van der Waals surface area contributed by atoms with E-state index in [1.807, 2.05) is 11.8 Å². The lowest BCUT2D eigenvalue weighted by Crippen LogP contribution is -2.36. The summed E-state index contributed by atoms with van der Waals surface area (Å²) in [6.07, 6.45) is 1.25. The van der Waals surface area contributed by atoms with Gasteiger partial charge in [-0.25, -0.2) is 0 Å². The Balaban J connectivity index is 2.36. The fraction of sp³-hybridized carbons (Fsp3) is 0.909. The minimum Gasteiger partial charge on any atom is -0.480 e. The minimum atomic E-state index is -0.707. The van der Waals surface area contributed by atoms with Crippen LogP contribution < -0.4 is 0 Å². The van der Waals surface area contributed by atoms with Gasteiger partial charge in [0, 0.05) is 13.1 Å². The van der Waals surface area contributed by atoms with Gasteiger partial charge >= 0.3 is 5.97 Å². The number of carboxylic acid groups (broad SMARTS) is 1. The molecule has 3 nitrogen and oxygen atoms in total. The van der Waals surface area contributed by atoms with E-state index in [9.17, 15) is 4.79 Å². The van der Waals surface area contributed by atoms with E-state index in [1.54, 1.807) is 0 Å². The summed E-state index contributed by atoms with van der Waals surface area (Å²) in [5.41, 5.74) is 0. The van der Waals surface area contributed by atoms with Crippen molar-refractivity contribution in [2.75, 3.05) is 31.1 Å². The van der Waals surface area contributed by atoms with Crippen molar-refractivity contribution in [2.45, 2.75) is 20.3 Å². The monoisotopic (exact) mass is 231 g/mol. The smallest absolute Gasteiger partial charge is 0.317 e. The topological polar surface area (TPSA) is 40.5 Å². The van der Waals surface area contributed by atoms with Crippen molar-refractivity contribution < 1.29 is 9.90 Å². The van der Waals surface area contributed by atoms with E-state index in [-0.39, 0.29) is 6.54 Å². The lowest BCUT2D eigenvalue weighted by Gasteiger charge is -2.25. The molecule has 4 heteroatoms. The molecule has 0 aliphatic carbocycles. The molecular weight excluding hydrogens is 210 g/mol. The first-order chi connectivity index (χ1) is 7.08. The summed E-state index contributed by atoms with van der Waals surface area (Å²) in [6, 6.07) is 0. The zero-order valence-corrected chi connectivity index (χ0v) is 10.4. The average molecular weight is 231 g/mol. The summed E-state index contributed by atoms with van der Waals surface area (Å²) >= 11 is 1.99. The summed E-state index contributed by atoms with van der Waals surface area (Å²) in [4.78, 5) is 12.8. The van der Waals surface area contributed by atoms with Gasteiger partial charge in [-0.15, -0.1) is 0 Å². The van der Waals surface area contributed by atoms with Gasteiger partial charge in [-0.1, -0.05) is 13.8 Å². The second-order valence-electron chi connectivity index (χ2n) is 4.71. The minimum absolute atomic E-state index is 0.194. The average Bonchev–Trinajstić information content (AvgIpc) is 2.53. The Labute approximate surface area is 96.2 Å². The zero-order chi connectivity index (χ0) is 11.3. The molecule has 1 saturated heterocycles. The Bertz CT molecular complexity index is 203. The van der Waals surface area contributed by atoms with Crippen LogP contribution in [-0.4, -0.2) is 47.1 Å². The molecular formula is C11H21NO2S. The molecule has 1 rings (SSSR count). The Morgan fingerprint density at radius 2 is 2.33 bits per heavy atom. The molecule has 1 fully saturated rings. The van der Waals surface area contributed by atoms with Gasteiger partial charge in [0.25, 0.3) is 0 Å². The highest BCUT2D eigenvalue weighted by Crippen LogP contribution is 2.24. The number of carboxylic acids is 1. The number of rotatable bonds is 6. The molecule has 1 atom stereocenters. The van der Waals surface area contributed by atoms with E-state index in [2.05, 4.69) is 18.7 Å². The van der Waals surface area contributed by atoms with E-state index in [0.29, 0.717) is 11.8 Å². The molecule has 0 aromatic carbocycles. The molecule has 0 saturated carbocycles. The van der Waals surface area contributed by atoms with Crippen LogP contribution in [0.4, 0.5) is 0 Å². The molecule has 0 spiro atoms. The van der Waals surface area contributed by atoms with Gasteiger partial charge in [-0.2, -0.15) is 11.8 Å². The summed E-state index contributed by atoms with van der Waals surface area (Å²) in [5, 5.41) is 8.82. The van der Waals surface area contributed by atoms with Gasteiger partial charge in [-0.3, -0.25) is 9.69 Å². The van der Waals surface area contributed by atoms with E-state index in [4.69, 9.17) is 5.11 Å². The summed E-state index contributed by atoms with van der Waals surface area (Å²) in [7, 11) is 0. The predicted molar refractivity (Wildman–Crippen MR) is 64.3 cm³/mol. The van der Waals surface area contributed by atoms with E-state index >= 15 is 0 Å². The maximum Gasteiger partial charge on any atom is 0.317 e. The SMILES string of the molecule is CC(C)CN(CC(=O)O)CC1CCSC1. The van der Waals surface area contributed by atoms with Crippen LogP contribution in [-0.2, 0) is 4.79 Å². The van der Waals surface area contributed by atoms with Crippen LogP contribution in [0.3, 0.4) is 0 Å². The van der Waals surface area contributed by atoms with Gasteiger partial charge < -0.3 is 5.11 Å². The molecule has 88 valence electrons. The fourth-order valence-electron chi connectivity index (χ4n) is 2.00. The van der Waals surface area contributed by atoms with Crippen molar-refractivity contribution >= 4 is 17.7 Å². The molecule has 0 amide bonds. The number of hydrogen-bond donors (Lipinski definition) is 1. The van der Waals surface area contributed by atoms with Gasteiger partial charge in [-0.05, 0) is 29.8 Å². The highest BCUT2D eigenvalue weighted by molar-refractivity contribution is 7.99. The number of aliphatic carboxylic acids is 1. The molecule has 0 radical (unpaired) electrons. The second kappa shape index (κ2) is 6.38. The maximum atomic E-state index is 10.7. The van der Waals surface area contributed by atoms with Crippen LogP contribution in [0.25, 0.3) is 0 Å². The van der Waals surface area contributed by atoms with E-state index in [1.165, 1.54) is 17.9 Å². The lowest BCUT2D eigenvalue weighted by molar-refractivity contribution is -0.138. The van der Waals surface area contributed by atoms with Crippen LogP contribution in [0.15, 0.2) is 0 Å². The first kappa shape index (κ1) is 12.8. The standard InChI is InChI=1S/C11H21NO2S/c1-9(2)5-12(7-11(13)14)6-10-3-4-15-8-10/h9-10H,3-8H2,1-2H3,(H,13,14). The molecule has 0 bridgehead atoms. The lowest BCUT2D eigenvalue weighted by atomic mass is 10.1. The van der Waals surface area contributed by atoms with Gasteiger partial charge in [0.15, 0.2) is 0 Å². The van der Waals surface area contributed by atoms with Crippen LogP contribution in [0.1, 0.15) is 20.3 Å². The maximum absolute atomic E-state index is 10.7. The third kappa shape index (κ3) is 5.42. The zero-order valence-electron chi connectivity index (χ0n) is 9.61. The quantitative estimate of drug-likeness (QED) is 0.756. The van der Waals surface area contributed by atoms with Crippen molar-refractivity contribution in [1.29, 1.82) is 0 Å². The van der Waals surface area contributed by atoms with Crippen LogP contribution in [0, 0.1) is 11.8 Å². The Kier molecular flexibility index (Phi) is 5.47. The Morgan fingerprint density at radius 1 is 1.60 bits per heavy atom. The normalized spacial score (nSPS) is 21.5. The Morgan fingerprint density at radius 3 is 2.80 bits per heavy atom. The molecule has 1 N–H and O–H groups in total. The van der Waals surface area contributed by atoms with Crippen molar-refractivity contribution in [1.82, 2.24) is 4.90 Å². The van der Waals surface area contributed by atoms with Crippen molar-refractivity contribution in [3.8, 4) is 0 Å². The fourth-order valence-corrected chi connectivity index (χ4v) is 3.28. The molecule has 15 heavy (non-hydrogen) atoms. The number of nitrogens with zero attached hydrogens (tertiary/aromatic N) is 1. The molecule has 1 aliphatic rings. The Hall–Kier alpha value is -0.220. The number of thioether (sulfide) groups is 1. The first-order valence-corrected chi connectivity index (χ1v) is 6.75. The molecule has 0 aromatic heterocycles. The van der Waals surface area contributed by atoms with E-state index < -0.39 is 5.97 Å². The number of carbonyl (C=O) groups is 1. The summed E-state index contributed by atoms with van der Waals surface area (Å²) in [6.45, 7) is 6.32. The second-order valence-corrected chi connectivity index (χ2v) is 5.86. The molecule has 1 unspecified atom stereocenters. The van der Waals surface area contributed by atoms with Gasteiger partial charge in [0.05, 0.1) is 6.54 Å². The highest BCUT2D eigenvalue weighted by Gasteiger charge is 2.20. The predicted octanol–water partition coefficient (Wildman–Crippen LogP) is 1.78. The van der Waals surface area contributed by atoms with Gasteiger partial charge in [0.1, 0.15) is 0 Å². The van der Waals surface area contributed by atoms with E-state index in [0.717, 1.165) is 13.1 Å². The van der Waals surface area contributed by atoms with Crippen molar-refractivity contribution in [3.63, 3.8) is 0 Å². The third-order valence-corrected chi connectivity index (χ3v) is 3.75. The van der Waals surface area contributed by atoms with Crippen molar-refractivity contribution in [2.24, 2.45) is 11.8 Å². The largest absolute Gasteiger partial charge is 0.480 e. The van der Waals surface area contributed by atoms with Crippen LogP contribution >= 0.6 is 11.8 Å². The molecule has 0 aromatic rings. The van der Waals surface area contributed by atoms with Crippen LogP contribution in [0.5, 0.6) is 0 Å². The summed E-state index contributed by atoms with van der Waals surface area (Å²) < 4.78 is 0. The number of hydrogen-bond acceptors (Lipinski definition) is 3. The van der Waals surface area contributed by atoms with Crippen molar-refractivity contribution in [3.05, 3.63) is 0 Å². The first-order valence-electron chi connectivity index (χ1n) is 5.60. The molecule has 1 aliphatic heterocycles. The molecule has 1 heterocycles. The van der Waals surface area contributed by atoms with Crippen LogP contribution in [0.2, 0.25) is 0 Å².